The van der Waals surface area contributed by atoms with Crippen molar-refractivity contribution in [2.45, 2.75) is 5.92 Å². The van der Waals surface area contributed by atoms with Gasteiger partial charge in [0, 0.05) is 29.3 Å². The summed E-state index contributed by atoms with van der Waals surface area (Å²) in [4.78, 5) is 6.48. The molecule has 0 saturated heterocycles. The molecule has 19 heavy (non-hydrogen) atoms. The summed E-state index contributed by atoms with van der Waals surface area (Å²) in [5, 5.41) is 0. The Morgan fingerprint density at radius 1 is 0.737 bits per heavy atom. The van der Waals surface area contributed by atoms with Crippen LogP contribution < -0.4 is 0 Å². The van der Waals surface area contributed by atoms with Crippen LogP contribution in [0.1, 0.15) is 22.9 Å². The maximum atomic E-state index is 3.33. The lowest BCUT2D eigenvalue weighted by atomic mass is 10.0. The van der Waals surface area contributed by atoms with E-state index in [1.54, 1.807) is 0 Å². The molecule has 2 nitrogen and oxygen atoms in total. The van der Waals surface area contributed by atoms with E-state index in [0.717, 1.165) is 17.0 Å². The molecule has 2 N–H and O–H groups in total. The third-order valence-electron chi connectivity index (χ3n) is 3.00. The second-order valence-corrected chi connectivity index (χ2v) is 4.32. The Kier molecular flexibility index (Phi) is 3.20. The van der Waals surface area contributed by atoms with Crippen LogP contribution in [0.25, 0.3) is 0 Å². The molecule has 3 rings (SSSR count). The Bertz CT molecular complexity index is 634. The minimum Gasteiger partial charge on any atom is -0.364 e. The third-order valence-corrected chi connectivity index (χ3v) is 3.00. The van der Waals surface area contributed by atoms with Crippen LogP contribution in [0.15, 0.2) is 67.0 Å². The van der Waals surface area contributed by atoms with Crippen LogP contribution in [0.5, 0.6) is 0 Å². The average molecular weight is 246 g/mol. The number of H-pyrrole nitrogens is 2. The van der Waals surface area contributed by atoms with E-state index >= 15 is 0 Å². The first kappa shape index (κ1) is 11.4. The van der Waals surface area contributed by atoms with E-state index in [4.69, 9.17) is 0 Å². The van der Waals surface area contributed by atoms with Crippen LogP contribution in [-0.2, 0) is 0 Å². The van der Waals surface area contributed by atoms with Crippen LogP contribution in [0.3, 0.4) is 0 Å². The summed E-state index contributed by atoms with van der Waals surface area (Å²) in [6.45, 7) is 0. The highest BCUT2D eigenvalue weighted by Crippen LogP contribution is 2.20. The molecule has 3 aromatic rings. The molecule has 0 aliphatic heterocycles. The second kappa shape index (κ2) is 5.32. The summed E-state index contributed by atoms with van der Waals surface area (Å²) in [5.74, 6) is 6.61. The molecule has 0 amide bonds. The zero-order valence-corrected chi connectivity index (χ0v) is 10.4. The van der Waals surface area contributed by atoms with Gasteiger partial charge in [-0.3, -0.25) is 0 Å². The monoisotopic (exact) mass is 246 g/mol. The van der Waals surface area contributed by atoms with E-state index in [2.05, 4.69) is 33.9 Å². The van der Waals surface area contributed by atoms with Gasteiger partial charge in [-0.15, -0.1) is 0 Å². The number of benzene rings is 1. The molecule has 0 bridgehead atoms. The molecule has 92 valence electrons. The molecular formula is C17H14N2. The predicted octanol–water partition coefficient (Wildman–Crippen LogP) is 3.53. The molecule has 0 spiro atoms. The number of hydrogen-bond acceptors (Lipinski definition) is 0. The van der Waals surface area contributed by atoms with Crippen LogP contribution in [0.2, 0.25) is 0 Å². The highest BCUT2D eigenvalue weighted by atomic mass is 14.7. The Morgan fingerprint density at radius 3 is 1.89 bits per heavy atom. The number of nitrogens with one attached hydrogen (secondary N) is 2. The van der Waals surface area contributed by atoms with Crippen LogP contribution in [0, 0.1) is 11.8 Å². The summed E-state index contributed by atoms with van der Waals surface area (Å²) in [6.07, 6.45) is 3.85. The van der Waals surface area contributed by atoms with E-state index in [-0.39, 0.29) is 5.92 Å². The normalized spacial score (nSPS) is 10.2. The van der Waals surface area contributed by atoms with Gasteiger partial charge in [0.1, 0.15) is 5.92 Å². The fraction of sp³-hybridized carbons (Fsp3) is 0.0588. The minimum atomic E-state index is 0.0465. The SMILES string of the molecule is C(#CC(c1ccc[nH]1)c1ccc[nH]1)c1ccccc1. The van der Waals surface area contributed by atoms with Gasteiger partial charge in [0.2, 0.25) is 0 Å². The van der Waals surface area contributed by atoms with Crippen LogP contribution >= 0.6 is 0 Å². The molecular weight excluding hydrogens is 232 g/mol. The van der Waals surface area contributed by atoms with E-state index in [1.165, 1.54) is 0 Å². The highest BCUT2D eigenvalue weighted by Gasteiger charge is 2.12. The summed E-state index contributed by atoms with van der Waals surface area (Å²) >= 11 is 0. The van der Waals surface area contributed by atoms with Crippen LogP contribution in [0.4, 0.5) is 0 Å². The van der Waals surface area contributed by atoms with Crippen molar-refractivity contribution in [3.05, 3.63) is 83.9 Å². The average Bonchev–Trinajstić information content (AvgIpc) is 3.13. The summed E-state index contributed by atoms with van der Waals surface area (Å²) < 4.78 is 0. The fourth-order valence-electron chi connectivity index (χ4n) is 2.05. The largest absolute Gasteiger partial charge is 0.364 e. The molecule has 1 aromatic carbocycles. The van der Waals surface area contributed by atoms with E-state index in [9.17, 15) is 0 Å². The van der Waals surface area contributed by atoms with Crippen molar-refractivity contribution in [1.82, 2.24) is 9.97 Å². The first-order valence-electron chi connectivity index (χ1n) is 6.26. The van der Waals surface area contributed by atoms with Gasteiger partial charge in [-0.1, -0.05) is 30.0 Å². The highest BCUT2D eigenvalue weighted by molar-refractivity contribution is 5.40. The molecule has 0 radical (unpaired) electrons. The lowest BCUT2D eigenvalue weighted by Gasteiger charge is -2.06. The topological polar surface area (TPSA) is 31.6 Å². The quantitative estimate of drug-likeness (QED) is 0.648. The minimum absolute atomic E-state index is 0.0465. The third kappa shape index (κ3) is 2.61. The zero-order chi connectivity index (χ0) is 12.9. The van der Waals surface area contributed by atoms with E-state index in [0.29, 0.717) is 0 Å². The summed E-state index contributed by atoms with van der Waals surface area (Å²) in [7, 11) is 0. The van der Waals surface area contributed by atoms with Crippen molar-refractivity contribution in [3.63, 3.8) is 0 Å². The second-order valence-electron chi connectivity index (χ2n) is 4.32. The van der Waals surface area contributed by atoms with Gasteiger partial charge in [0.25, 0.3) is 0 Å². The van der Waals surface area contributed by atoms with Crippen molar-refractivity contribution in [1.29, 1.82) is 0 Å². The molecule has 0 atom stereocenters. The van der Waals surface area contributed by atoms with Gasteiger partial charge >= 0.3 is 0 Å². The maximum Gasteiger partial charge on any atom is 0.100 e. The van der Waals surface area contributed by atoms with E-state index in [1.807, 2.05) is 54.9 Å². The molecule has 0 unspecified atom stereocenters. The van der Waals surface area contributed by atoms with Gasteiger partial charge in [-0.2, -0.15) is 0 Å². The van der Waals surface area contributed by atoms with Crippen LogP contribution in [-0.4, -0.2) is 9.97 Å². The molecule has 2 heterocycles. The van der Waals surface area contributed by atoms with Crippen molar-refractivity contribution >= 4 is 0 Å². The van der Waals surface area contributed by atoms with E-state index < -0.39 is 0 Å². The molecule has 0 saturated carbocycles. The number of rotatable bonds is 2. The van der Waals surface area contributed by atoms with Gasteiger partial charge < -0.3 is 9.97 Å². The van der Waals surface area contributed by atoms with Gasteiger partial charge in [-0.05, 0) is 36.4 Å². The van der Waals surface area contributed by atoms with Crippen molar-refractivity contribution in [3.8, 4) is 11.8 Å². The Morgan fingerprint density at radius 2 is 1.37 bits per heavy atom. The summed E-state index contributed by atoms with van der Waals surface area (Å²) in [6, 6.07) is 18.2. The number of hydrogen-bond donors (Lipinski definition) is 2. The lowest BCUT2D eigenvalue weighted by molar-refractivity contribution is 0.959. The predicted molar refractivity (Wildman–Crippen MR) is 76.7 cm³/mol. The maximum absolute atomic E-state index is 3.33. The Balaban J connectivity index is 1.96. The molecule has 0 aliphatic rings. The molecule has 0 aliphatic carbocycles. The number of aromatic nitrogens is 2. The lowest BCUT2D eigenvalue weighted by Crippen LogP contribution is -1.99. The van der Waals surface area contributed by atoms with Crippen molar-refractivity contribution < 1.29 is 0 Å². The molecule has 2 aromatic heterocycles. The number of aromatic amines is 2. The van der Waals surface area contributed by atoms with Gasteiger partial charge in [0.15, 0.2) is 0 Å². The standard InChI is InChI=1S/C17H14N2/c1-2-6-14(7-3-1)10-11-15(16-8-4-12-18-16)17-9-5-13-19-17/h1-9,12-13,15,18-19H. The fourth-order valence-corrected chi connectivity index (χ4v) is 2.05. The molecule has 2 heteroatoms. The van der Waals surface area contributed by atoms with Crippen molar-refractivity contribution in [2.24, 2.45) is 0 Å². The first-order chi connectivity index (χ1) is 9.43. The Labute approximate surface area is 112 Å². The zero-order valence-electron chi connectivity index (χ0n) is 10.4. The Hall–Kier alpha value is -2.66. The molecule has 0 fully saturated rings. The smallest absolute Gasteiger partial charge is 0.100 e. The van der Waals surface area contributed by atoms with Gasteiger partial charge in [0.05, 0.1) is 0 Å². The van der Waals surface area contributed by atoms with Crippen molar-refractivity contribution in [2.75, 3.05) is 0 Å². The van der Waals surface area contributed by atoms with Gasteiger partial charge in [-0.25, -0.2) is 0 Å². The summed E-state index contributed by atoms with van der Waals surface area (Å²) in [5.41, 5.74) is 3.24. The first-order valence-corrected chi connectivity index (χ1v) is 6.26.